The topological polar surface area (TPSA) is 86.2 Å². The lowest BCUT2D eigenvalue weighted by atomic mass is 9.99. The Kier molecular flexibility index (Phi) is 3.32. The Bertz CT molecular complexity index is 747. The van der Waals surface area contributed by atoms with Gasteiger partial charge in [0.05, 0.1) is 19.9 Å². The molecule has 9 heteroatoms. The van der Waals surface area contributed by atoms with Crippen molar-refractivity contribution in [3.8, 4) is 12.0 Å². The molecule has 1 unspecified atom stereocenters. The van der Waals surface area contributed by atoms with Crippen molar-refractivity contribution in [3.05, 3.63) is 35.2 Å². The minimum atomic E-state index is -1.08. The van der Waals surface area contributed by atoms with Gasteiger partial charge in [0.2, 0.25) is 5.91 Å². The fraction of sp³-hybridized carbons (Fsp3) is 0.231. The molecule has 1 aliphatic heterocycles. The molecule has 0 radical (unpaired) electrons. The molecular weight excluding hydrogens is 298 g/mol. The van der Waals surface area contributed by atoms with Crippen molar-refractivity contribution in [1.82, 2.24) is 15.0 Å². The molecule has 0 spiro atoms. The first kappa shape index (κ1) is 14.1. The number of nitrogens with one attached hydrogen (secondary N) is 1. The summed E-state index contributed by atoms with van der Waals surface area (Å²) in [4.78, 5) is 23.8. The number of rotatable bonds is 3. The summed E-state index contributed by atoms with van der Waals surface area (Å²) < 4.78 is 37.0. The number of hydrogen-bond donors (Lipinski definition) is 1. The number of ether oxygens (including phenoxy) is 2. The number of methoxy groups -OCH3 is 2. The van der Waals surface area contributed by atoms with Gasteiger partial charge in [-0.05, 0) is 6.07 Å². The third-order valence-electron chi connectivity index (χ3n) is 3.14. The first-order valence-electron chi connectivity index (χ1n) is 6.17. The summed E-state index contributed by atoms with van der Waals surface area (Å²) in [6.45, 7) is 0. The average Bonchev–Trinajstić information content (AvgIpc) is 2.83. The maximum atomic E-state index is 13.7. The smallest absolute Gasteiger partial charge is 0.322 e. The van der Waals surface area contributed by atoms with Gasteiger partial charge in [0.1, 0.15) is 17.6 Å². The van der Waals surface area contributed by atoms with Crippen LogP contribution in [0.15, 0.2) is 12.1 Å². The fourth-order valence-corrected chi connectivity index (χ4v) is 2.21. The third kappa shape index (κ3) is 2.20. The van der Waals surface area contributed by atoms with Gasteiger partial charge in [0.15, 0.2) is 5.82 Å². The Hall–Kier alpha value is -2.84. The number of aromatic nitrogens is 3. The van der Waals surface area contributed by atoms with E-state index in [0.717, 1.165) is 6.07 Å². The van der Waals surface area contributed by atoms with Crippen LogP contribution in [0.5, 0.6) is 12.0 Å². The quantitative estimate of drug-likeness (QED) is 0.918. The number of halogens is 2. The van der Waals surface area contributed by atoms with E-state index in [9.17, 15) is 13.6 Å². The Labute approximate surface area is 123 Å². The molecule has 0 fully saturated rings. The van der Waals surface area contributed by atoms with Crippen molar-refractivity contribution in [2.24, 2.45) is 0 Å². The molecule has 0 saturated heterocycles. The highest BCUT2D eigenvalue weighted by Crippen LogP contribution is 2.38. The maximum Gasteiger partial charge on any atom is 0.322 e. The summed E-state index contributed by atoms with van der Waals surface area (Å²) in [5, 5.41) is 2.35. The normalized spacial score (nSPS) is 16.2. The summed E-state index contributed by atoms with van der Waals surface area (Å²) in [5.74, 6) is -3.34. The number of benzene rings is 1. The van der Waals surface area contributed by atoms with Gasteiger partial charge < -0.3 is 14.8 Å². The van der Waals surface area contributed by atoms with Crippen LogP contribution in [0.3, 0.4) is 0 Å². The molecule has 2 heterocycles. The summed E-state index contributed by atoms with van der Waals surface area (Å²) in [6.07, 6.45) is 0. The van der Waals surface area contributed by atoms with E-state index in [1.807, 2.05) is 0 Å². The van der Waals surface area contributed by atoms with Crippen LogP contribution in [0.2, 0.25) is 0 Å². The van der Waals surface area contributed by atoms with E-state index in [-0.39, 0.29) is 29.1 Å². The highest BCUT2D eigenvalue weighted by Gasteiger charge is 2.37. The lowest BCUT2D eigenvalue weighted by Crippen LogP contribution is -2.17. The molecule has 3 rings (SSSR count). The van der Waals surface area contributed by atoms with Crippen LogP contribution in [0.4, 0.5) is 14.5 Å². The Morgan fingerprint density at radius 1 is 1.09 bits per heavy atom. The molecule has 114 valence electrons. The molecule has 0 bridgehead atoms. The summed E-state index contributed by atoms with van der Waals surface area (Å²) >= 11 is 0. The van der Waals surface area contributed by atoms with Gasteiger partial charge in [-0.25, -0.2) is 8.78 Å². The van der Waals surface area contributed by atoms with Crippen LogP contribution in [0, 0.1) is 11.6 Å². The van der Waals surface area contributed by atoms with Crippen LogP contribution in [-0.2, 0) is 4.79 Å². The molecule has 1 aliphatic rings. The second-order valence-corrected chi connectivity index (χ2v) is 4.44. The molecule has 7 nitrogen and oxygen atoms in total. The molecule has 22 heavy (non-hydrogen) atoms. The molecule has 0 aliphatic carbocycles. The van der Waals surface area contributed by atoms with Gasteiger partial charge >= 0.3 is 12.0 Å². The van der Waals surface area contributed by atoms with E-state index >= 15 is 0 Å². The molecule has 1 aromatic heterocycles. The Balaban J connectivity index is 2.16. The van der Waals surface area contributed by atoms with E-state index in [4.69, 9.17) is 9.47 Å². The monoisotopic (exact) mass is 308 g/mol. The van der Waals surface area contributed by atoms with Crippen molar-refractivity contribution >= 4 is 11.6 Å². The predicted molar refractivity (Wildman–Crippen MR) is 69.8 cm³/mol. The summed E-state index contributed by atoms with van der Waals surface area (Å²) in [7, 11) is 2.67. The van der Waals surface area contributed by atoms with Gasteiger partial charge in [-0.3, -0.25) is 4.79 Å². The van der Waals surface area contributed by atoms with Gasteiger partial charge in [0, 0.05) is 11.6 Å². The summed E-state index contributed by atoms with van der Waals surface area (Å²) in [6, 6.07) is 1.61. The third-order valence-corrected chi connectivity index (χ3v) is 3.14. The number of carbonyl (C=O) groups is 1. The lowest BCUT2D eigenvalue weighted by molar-refractivity contribution is -0.116. The van der Waals surface area contributed by atoms with Gasteiger partial charge in [-0.15, -0.1) is 4.98 Å². The van der Waals surface area contributed by atoms with E-state index < -0.39 is 23.5 Å². The van der Waals surface area contributed by atoms with Crippen LogP contribution in [-0.4, -0.2) is 35.1 Å². The van der Waals surface area contributed by atoms with Gasteiger partial charge in [-0.2, -0.15) is 9.97 Å². The first-order valence-corrected chi connectivity index (χ1v) is 6.17. The number of fused-ring (bicyclic) bond motifs is 1. The van der Waals surface area contributed by atoms with Crippen LogP contribution in [0.1, 0.15) is 17.3 Å². The van der Waals surface area contributed by atoms with Crippen molar-refractivity contribution in [2.75, 3.05) is 19.5 Å². The zero-order valence-electron chi connectivity index (χ0n) is 11.6. The molecule has 1 aromatic carbocycles. The lowest BCUT2D eigenvalue weighted by Gasteiger charge is -2.09. The standard InChI is InChI=1S/C13H10F2N4O3/c1-21-12-17-10(18-13(19-12)22-2)8-6-3-5(14)4-7(15)9(6)16-11(8)20/h3-4,8H,1-2H3,(H,16,20). The maximum absolute atomic E-state index is 13.7. The van der Waals surface area contributed by atoms with Crippen LogP contribution in [0.25, 0.3) is 0 Å². The predicted octanol–water partition coefficient (Wildman–Crippen LogP) is 1.25. The highest BCUT2D eigenvalue weighted by molar-refractivity contribution is 6.04. The molecule has 1 atom stereocenters. The van der Waals surface area contributed by atoms with E-state index in [1.165, 1.54) is 14.2 Å². The van der Waals surface area contributed by atoms with Crippen LogP contribution < -0.4 is 14.8 Å². The largest absolute Gasteiger partial charge is 0.467 e. The second-order valence-electron chi connectivity index (χ2n) is 4.44. The van der Waals surface area contributed by atoms with E-state index in [2.05, 4.69) is 20.3 Å². The zero-order valence-corrected chi connectivity index (χ0v) is 11.6. The molecular formula is C13H10F2N4O3. The van der Waals surface area contributed by atoms with Gasteiger partial charge in [-0.1, -0.05) is 0 Å². The molecule has 0 saturated carbocycles. The second kappa shape index (κ2) is 5.17. The number of hydrogen-bond acceptors (Lipinski definition) is 6. The van der Waals surface area contributed by atoms with E-state index in [1.54, 1.807) is 0 Å². The van der Waals surface area contributed by atoms with Crippen molar-refractivity contribution < 1.29 is 23.0 Å². The number of anilines is 1. The highest BCUT2D eigenvalue weighted by atomic mass is 19.1. The minimum absolute atomic E-state index is 0.0232. The van der Waals surface area contributed by atoms with Crippen molar-refractivity contribution in [1.29, 1.82) is 0 Å². The number of nitrogens with zero attached hydrogens (tertiary/aromatic N) is 3. The van der Waals surface area contributed by atoms with Crippen molar-refractivity contribution in [3.63, 3.8) is 0 Å². The molecule has 1 amide bonds. The molecule has 1 N–H and O–H groups in total. The van der Waals surface area contributed by atoms with Crippen LogP contribution >= 0.6 is 0 Å². The SMILES string of the molecule is COc1nc(OC)nc(C2C(=O)Nc3c(F)cc(F)cc32)n1. The number of amides is 1. The minimum Gasteiger partial charge on any atom is -0.467 e. The number of carbonyl (C=O) groups excluding carboxylic acids is 1. The Morgan fingerprint density at radius 3 is 2.32 bits per heavy atom. The zero-order chi connectivity index (χ0) is 15.9. The Morgan fingerprint density at radius 2 is 1.73 bits per heavy atom. The first-order chi connectivity index (χ1) is 10.5. The van der Waals surface area contributed by atoms with E-state index in [0.29, 0.717) is 6.07 Å². The summed E-state index contributed by atoms with van der Waals surface area (Å²) in [5.41, 5.74) is 0.0209. The van der Waals surface area contributed by atoms with Crippen molar-refractivity contribution in [2.45, 2.75) is 5.92 Å². The van der Waals surface area contributed by atoms with Gasteiger partial charge in [0.25, 0.3) is 0 Å². The molecule has 2 aromatic rings. The fourth-order valence-electron chi connectivity index (χ4n) is 2.21. The average molecular weight is 308 g/mol.